The third-order valence-corrected chi connectivity index (χ3v) is 3.83. The van der Waals surface area contributed by atoms with E-state index in [2.05, 4.69) is 5.32 Å². The molecule has 0 unspecified atom stereocenters. The van der Waals surface area contributed by atoms with Gasteiger partial charge in [0.1, 0.15) is 0 Å². The maximum atomic E-state index is 12.2. The highest BCUT2D eigenvalue weighted by molar-refractivity contribution is 7.98. The number of carbonyl (C=O) groups excluding carboxylic acids is 1. The van der Waals surface area contributed by atoms with Crippen LogP contribution >= 0.6 is 35.0 Å². The van der Waals surface area contributed by atoms with Crippen molar-refractivity contribution in [2.45, 2.75) is 30.7 Å². The maximum absolute atomic E-state index is 12.2. The van der Waals surface area contributed by atoms with Gasteiger partial charge in [-0.2, -0.15) is 0 Å². The number of carbonyl (C=O) groups is 1. The van der Waals surface area contributed by atoms with Crippen LogP contribution in [0.1, 0.15) is 30.6 Å². The summed E-state index contributed by atoms with van der Waals surface area (Å²) in [6, 6.07) is 5.45. The quantitative estimate of drug-likeness (QED) is 0.652. The summed E-state index contributed by atoms with van der Waals surface area (Å²) < 4.78 is 0. The summed E-state index contributed by atoms with van der Waals surface area (Å²) in [5.74, 6) is 0.345. The minimum atomic E-state index is -0.336. The molecular formula is C13H17Cl2NOS. The number of nitrogens with one attached hydrogen (secondary N) is 1. The Bertz CT molecular complexity index is 435. The topological polar surface area (TPSA) is 29.1 Å². The predicted octanol–water partition coefficient (Wildman–Crippen LogP) is 4.20. The average molecular weight is 306 g/mol. The van der Waals surface area contributed by atoms with E-state index >= 15 is 0 Å². The molecule has 0 aliphatic rings. The summed E-state index contributed by atoms with van der Waals surface area (Å²) in [7, 11) is 0. The molecule has 0 aliphatic carbocycles. The highest BCUT2D eigenvalue weighted by atomic mass is 35.5. The van der Waals surface area contributed by atoms with Gasteiger partial charge >= 0.3 is 0 Å². The highest BCUT2D eigenvalue weighted by Gasteiger charge is 2.21. The van der Waals surface area contributed by atoms with Gasteiger partial charge in [0.2, 0.25) is 0 Å². The van der Waals surface area contributed by atoms with Gasteiger partial charge in [-0.25, -0.2) is 0 Å². The van der Waals surface area contributed by atoms with Gasteiger partial charge in [-0.05, 0) is 44.7 Å². The summed E-state index contributed by atoms with van der Waals surface area (Å²) in [6.45, 7) is 3.89. The second kappa shape index (κ2) is 6.69. The molecule has 1 aromatic carbocycles. The van der Waals surface area contributed by atoms with E-state index < -0.39 is 0 Å². The van der Waals surface area contributed by atoms with Crippen LogP contribution in [0.2, 0.25) is 5.02 Å². The maximum Gasteiger partial charge on any atom is 0.253 e. The molecule has 1 rings (SSSR count). The van der Waals surface area contributed by atoms with Crippen molar-refractivity contribution in [1.82, 2.24) is 5.32 Å². The Morgan fingerprint density at radius 3 is 2.67 bits per heavy atom. The van der Waals surface area contributed by atoms with E-state index in [-0.39, 0.29) is 11.4 Å². The smallest absolute Gasteiger partial charge is 0.253 e. The van der Waals surface area contributed by atoms with E-state index in [0.29, 0.717) is 22.9 Å². The molecule has 0 saturated heterocycles. The minimum absolute atomic E-state index is 0.161. The second-order valence-electron chi connectivity index (χ2n) is 4.62. The molecule has 0 radical (unpaired) electrons. The molecule has 0 bridgehead atoms. The molecular weight excluding hydrogens is 289 g/mol. The van der Waals surface area contributed by atoms with Crippen molar-refractivity contribution in [2.75, 3.05) is 12.1 Å². The summed E-state index contributed by atoms with van der Waals surface area (Å²) in [4.78, 5) is 13.2. The Balaban J connectivity index is 2.90. The van der Waals surface area contributed by atoms with Crippen molar-refractivity contribution in [3.05, 3.63) is 28.8 Å². The van der Waals surface area contributed by atoms with Crippen molar-refractivity contribution in [3.8, 4) is 0 Å². The minimum Gasteiger partial charge on any atom is -0.347 e. The molecule has 0 aliphatic heterocycles. The lowest BCUT2D eigenvalue weighted by Crippen LogP contribution is -2.43. The normalized spacial score (nSPS) is 11.4. The zero-order chi connectivity index (χ0) is 13.8. The molecule has 0 aromatic heterocycles. The Kier molecular flexibility index (Phi) is 5.83. The molecule has 0 spiro atoms. The van der Waals surface area contributed by atoms with E-state index in [4.69, 9.17) is 23.2 Å². The number of rotatable bonds is 5. The lowest BCUT2D eigenvalue weighted by Gasteiger charge is -2.25. The van der Waals surface area contributed by atoms with Crippen LogP contribution in [0.25, 0.3) is 0 Å². The fourth-order valence-corrected chi connectivity index (χ4v) is 2.59. The van der Waals surface area contributed by atoms with Crippen molar-refractivity contribution in [1.29, 1.82) is 0 Å². The van der Waals surface area contributed by atoms with E-state index in [1.165, 1.54) is 0 Å². The lowest BCUT2D eigenvalue weighted by atomic mass is 10.0. The third-order valence-electron chi connectivity index (χ3n) is 2.59. The summed E-state index contributed by atoms with van der Waals surface area (Å²) >= 11 is 13.3. The number of hydrogen-bond donors (Lipinski definition) is 1. The van der Waals surface area contributed by atoms with Crippen LogP contribution in [0.5, 0.6) is 0 Å². The molecule has 0 fully saturated rings. The van der Waals surface area contributed by atoms with Gasteiger partial charge in [-0.1, -0.05) is 11.6 Å². The molecule has 2 nitrogen and oxygen atoms in total. The average Bonchev–Trinajstić information content (AvgIpc) is 2.28. The first-order valence-electron chi connectivity index (χ1n) is 5.61. The number of benzene rings is 1. The first-order valence-corrected chi connectivity index (χ1v) is 7.75. The predicted molar refractivity (Wildman–Crippen MR) is 80.1 cm³/mol. The van der Waals surface area contributed by atoms with Gasteiger partial charge in [0.25, 0.3) is 5.91 Å². The third kappa shape index (κ3) is 4.38. The van der Waals surface area contributed by atoms with Crippen molar-refractivity contribution >= 4 is 40.9 Å². The zero-order valence-electron chi connectivity index (χ0n) is 10.7. The van der Waals surface area contributed by atoms with Gasteiger partial charge in [-0.15, -0.1) is 23.4 Å². The highest BCUT2D eigenvalue weighted by Crippen LogP contribution is 2.23. The molecule has 5 heteroatoms. The number of hydrogen-bond acceptors (Lipinski definition) is 2. The molecule has 18 heavy (non-hydrogen) atoms. The van der Waals surface area contributed by atoms with Gasteiger partial charge in [0.15, 0.2) is 0 Å². The SMILES string of the molecule is CSc1ccc(Cl)c(C(=O)NC(C)(C)CCCl)c1. The standard InChI is InChI=1S/C13H17Cl2NOS/c1-13(2,6-7-14)16-12(17)10-8-9(18-3)4-5-11(10)15/h4-5,8H,6-7H2,1-3H3,(H,16,17). The molecule has 1 aromatic rings. The van der Waals surface area contributed by atoms with Crippen molar-refractivity contribution in [2.24, 2.45) is 0 Å². The summed E-state index contributed by atoms with van der Waals surface area (Å²) in [5.41, 5.74) is 0.170. The number of halogens is 2. The van der Waals surface area contributed by atoms with Crippen LogP contribution in [0.4, 0.5) is 0 Å². The van der Waals surface area contributed by atoms with Crippen LogP contribution < -0.4 is 5.32 Å². The van der Waals surface area contributed by atoms with E-state index in [1.54, 1.807) is 23.9 Å². The largest absolute Gasteiger partial charge is 0.347 e. The molecule has 0 saturated carbocycles. The zero-order valence-corrected chi connectivity index (χ0v) is 13.0. The van der Waals surface area contributed by atoms with Crippen LogP contribution in [0.3, 0.4) is 0 Å². The molecule has 1 N–H and O–H groups in total. The van der Waals surface area contributed by atoms with Crippen LogP contribution in [-0.2, 0) is 0 Å². The van der Waals surface area contributed by atoms with Crippen molar-refractivity contribution < 1.29 is 4.79 Å². The van der Waals surface area contributed by atoms with E-state index in [1.807, 2.05) is 26.2 Å². The van der Waals surface area contributed by atoms with E-state index in [9.17, 15) is 4.79 Å². The summed E-state index contributed by atoms with van der Waals surface area (Å²) in [5, 5.41) is 3.41. The Morgan fingerprint density at radius 1 is 1.44 bits per heavy atom. The summed E-state index contributed by atoms with van der Waals surface area (Å²) in [6.07, 6.45) is 2.67. The Morgan fingerprint density at radius 2 is 2.11 bits per heavy atom. The van der Waals surface area contributed by atoms with Gasteiger partial charge in [0, 0.05) is 16.3 Å². The first kappa shape index (κ1) is 15.7. The molecule has 0 heterocycles. The van der Waals surface area contributed by atoms with Gasteiger partial charge in [0.05, 0.1) is 10.6 Å². The van der Waals surface area contributed by atoms with Crippen molar-refractivity contribution in [3.63, 3.8) is 0 Å². The van der Waals surface area contributed by atoms with Crippen LogP contribution in [-0.4, -0.2) is 23.6 Å². The van der Waals surface area contributed by atoms with E-state index in [0.717, 1.165) is 4.90 Å². The second-order valence-corrected chi connectivity index (χ2v) is 6.29. The molecule has 100 valence electrons. The monoisotopic (exact) mass is 305 g/mol. The van der Waals surface area contributed by atoms with Gasteiger partial charge < -0.3 is 5.32 Å². The number of thioether (sulfide) groups is 1. The van der Waals surface area contributed by atoms with Crippen LogP contribution in [0, 0.1) is 0 Å². The Hall–Kier alpha value is -0.380. The van der Waals surface area contributed by atoms with Crippen LogP contribution in [0.15, 0.2) is 23.1 Å². The lowest BCUT2D eigenvalue weighted by molar-refractivity contribution is 0.0911. The fourth-order valence-electron chi connectivity index (χ4n) is 1.48. The first-order chi connectivity index (χ1) is 8.39. The molecule has 0 atom stereocenters. The van der Waals surface area contributed by atoms with Gasteiger partial charge in [-0.3, -0.25) is 4.79 Å². The molecule has 1 amide bonds. The number of alkyl halides is 1. The number of amides is 1. The Labute approximate surface area is 122 Å². The fraction of sp³-hybridized carbons (Fsp3) is 0.462.